The van der Waals surface area contributed by atoms with Crippen LogP contribution < -0.4 is 10.9 Å². The van der Waals surface area contributed by atoms with Gasteiger partial charge in [-0.05, 0) is 30.4 Å². The van der Waals surface area contributed by atoms with Crippen molar-refractivity contribution in [2.24, 2.45) is 0 Å². The summed E-state index contributed by atoms with van der Waals surface area (Å²) in [7, 11) is 0. The molecule has 2 aromatic rings. The molecule has 1 aromatic heterocycles. The van der Waals surface area contributed by atoms with E-state index in [0.717, 1.165) is 24.1 Å². The van der Waals surface area contributed by atoms with Crippen molar-refractivity contribution in [3.8, 4) is 0 Å². The highest BCUT2D eigenvalue weighted by Crippen LogP contribution is 2.33. The Labute approximate surface area is 163 Å². The number of benzene rings is 1. The number of hydrogen-bond acceptors (Lipinski definition) is 4. The molecule has 2 amide bonds. The van der Waals surface area contributed by atoms with E-state index in [1.807, 2.05) is 32.0 Å². The summed E-state index contributed by atoms with van der Waals surface area (Å²) in [6.45, 7) is 4.61. The van der Waals surface area contributed by atoms with Crippen LogP contribution in [0.25, 0.3) is 0 Å². The second kappa shape index (κ2) is 7.22. The average Bonchev–Trinajstić information content (AvgIpc) is 3.27. The maximum absolute atomic E-state index is 13.1. The SMILES string of the molecule is CC(C)c1cc(=O)[nH]c(C2CCCN2C(=O)CC2NC(=O)c3ccccc32)n1. The van der Waals surface area contributed by atoms with E-state index >= 15 is 0 Å². The molecule has 4 rings (SSSR count). The number of aromatic amines is 1. The number of amides is 2. The largest absolute Gasteiger partial charge is 0.345 e. The fourth-order valence-electron chi connectivity index (χ4n) is 4.07. The first-order valence-electron chi connectivity index (χ1n) is 9.74. The Kier molecular flexibility index (Phi) is 4.75. The zero-order valence-corrected chi connectivity index (χ0v) is 16.1. The topological polar surface area (TPSA) is 95.2 Å². The molecule has 2 N–H and O–H groups in total. The summed E-state index contributed by atoms with van der Waals surface area (Å²) < 4.78 is 0. The van der Waals surface area contributed by atoms with Gasteiger partial charge in [0.1, 0.15) is 5.82 Å². The molecule has 146 valence electrons. The van der Waals surface area contributed by atoms with E-state index < -0.39 is 0 Å². The van der Waals surface area contributed by atoms with Gasteiger partial charge in [-0.3, -0.25) is 14.4 Å². The number of nitrogens with one attached hydrogen (secondary N) is 2. The van der Waals surface area contributed by atoms with E-state index in [9.17, 15) is 14.4 Å². The van der Waals surface area contributed by atoms with Crippen molar-refractivity contribution in [1.29, 1.82) is 0 Å². The summed E-state index contributed by atoms with van der Waals surface area (Å²) in [5, 5.41) is 2.90. The lowest BCUT2D eigenvalue weighted by Crippen LogP contribution is -2.35. The van der Waals surface area contributed by atoms with Crippen LogP contribution in [-0.4, -0.2) is 33.2 Å². The predicted molar refractivity (Wildman–Crippen MR) is 104 cm³/mol. The number of carbonyl (C=O) groups is 2. The van der Waals surface area contributed by atoms with Gasteiger partial charge in [0.15, 0.2) is 0 Å². The first-order chi connectivity index (χ1) is 13.4. The minimum Gasteiger partial charge on any atom is -0.345 e. The summed E-state index contributed by atoms with van der Waals surface area (Å²) in [4.78, 5) is 46.4. The molecule has 1 saturated heterocycles. The summed E-state index contributed by atoms with van der Waals surface area (Å²) in [6.07, 6.45) is 1.83. The monoisotopic (exact) mass is 380 g/mol. The zero-order chi connectivity index (χ0) is 19.8. The van der Waals surface area contributed by atoms with Gasteiger partial charge in [-0.15, -0.1) is 0 Å². The molecule has 3 heterocycles. The molecule has 7 heteroatoms. The number of likely N-dealkylation sites (tertiary alicyclic amines) is 1. The van der Waals surface area contributed by atoms with Crippen molar-refractivity contribution < 1.29 is 9.59 Å². The van der Waals surface area contributed by atoms with Gasteiger partial charge < -0.3 is 15.2 Å². The van der Waals surface area contributed by atoms with E-state index in [1.165, 1.54) is 6.07 Å². The number of hydrogen-bond donors (Lipinski definition) is 2. The Hall–Kier alpha value is -2.96. The maximum atomic E-state index is 13.1. The normalized spacial score (nSPS) is 21.1. The molecule has 2 aliphatic rings. The van der Waals surface area contributed by atoms with Crippen LogP contribution in [0.1, 0.15) is 78.6 Å². The average molecular weight is 380 g/mol. The molecular formula is C21H24N4O3. The maximum Gasteiger partial charge on any atom is 0.252 e. The molecule has 1 fully saturated rings. The molecule has 1 aromatic carbocycles. The van der Waals surface area contributed by atoms with Crippen molar-refractivity contribution >= 4 is 11.8 Å². The van der Waals surface area contributed by atoms with Gasteiger partial charge in [0.2, 0.25) is 5.91 Å². The zero-order valence-electron chi connectivity index (χ0n) is 16.1. The summed E-state index contributed by atoms with van der Waals surface area (Å²) in [5.41, 5.74) is 2.04. The first-order valence-corrected chi connectivity index (χ1v) is 9.74. The van der Waals surface area contributed by atoms with Crippen LogP contribution in [0, 0.1) is 0 Å². The van der Waals surface area contributed by atoms with Crippen molar-refractivity contribution in [2.75, 3.05) is 6.54 Å². The van der Waals surface area contributed by atoms with Crippen LogP contribution in [0.4, 0.5) is 0 Å². The Balaban J connectivity index is 1.55. The second-order valence-electron chi connectivity index (χ2n) is 7.77. The van der Waals surface area contributed by atoms with Gasteiger partial charge in [-0.25, -0.2) is 4.98 Å². The number of rotatable bonds is 4. The Morgan fingerprint density at radius 3 is 2.86 bits per heavy atom. The third-order valence-corrected chi connectivity index (χ3v) is 5.53. The van der Waals surface area contributed by atoms with Crippen LogP contribution in [0.15, 0.2) is 35.1 Å². The standard InChI is InChI=1S/C21H24N4O3/c1-12(2)15-10-18(26)24-20(22-15)17-8-5-9-25(17)19(27)11-16-13-6-3-4-7-14(13)21(28)23-16/h3-4,6-7,10,12,16-17H,5,8-9,11H2,1-2H3,(H,23,28)(H,22,24,26). The minimum atomic E-state index is -0.313. The highest BCUT2D eigenvalue weighted by Gasteiger charge is 2.36. The van der Waals surface area contributed by atoms with E-state index in [1.54, 1.807) is 11.0 Å². The minimum absolute atomic E-state index is 0.0397. The highest BCUT2D eigenvalue weighted by molar-refractivity contribution is 5.99. The summed E-state index contributed by atoms with van der Waals surface area (Å²) in [5.74, 6) is 0.513. The predicted octanol–water partition coefficient (Wildman–Crippen LogP) is 2.43. The van der Waals surface area contributed by atoms with Gasteiger partial charge >= 0.3 is 0 Å². The lowest BCUT2D eigenvalue weighted by atomic mass is 10.0. The van der Waals surface area contributed by atoms with E-state index in [0.29, 0.717) is 17.9 Å². The van der Waals surface area contributed by atoms with E-state index in [4.69, 9.17) is 0 Å². The number of H-pyrrole nitrogens is 1. The van der Waals surface area contributed by atoms with E-state index in [2.05, 4.69) is 15.3 Å². The molecule has 2 atom stereocenters. The summed E-state index contributed by atoms with van der Waals surface area (Å²) in [6, 6.07) is 8.33. The quantitative estimate of drug-likeness (QED) is 0.852. The molecular weight excluding hydrogens is 356 g/mol. The number of fused-ring (bicyclic) bond motifs is 1. The fourth-order valence-corrected chi connectivity index (χ4v) is 4.07. The van der Waals surface area contributed by atoms with Crippen LogP contribution in [-0.2, 0) is 4.79 Å². The number of carbonyl (C=O) groups excluding carboxylic acids is 2. The molecule has 0 spiro atoms. The third-order valence-electron chi connectivity index (χ3n) is 5.53. The number of aromatic nitrogens is 2. The third kappa shape index (κ3) is 3.32. The summed E-state index contributed by atoms with van der Waals surface area (Å²) >= 11 is 0. The molecule has 0 bridgehead atoms. The van der Waals surface area contributed by atoms with Crippen molar-refractivity contribution in [3.63, 3.8) is 0 Å². The Bertz CT molecular complexity index is 982. The highest BCUT2D eigenvalue weighted by atomic mass is 16.2. The van der Waals surface area contributed by atoms with Crippen LogP contribution in [0.5, 0.6) is 0 Å². The lowest BCUT2D eigenvalue weighted by Gasteiger charge is -2.26. The van der Waals surface area contributed by atoms with Gasteiger partial charge in [-0.1, -0.05) is 32.0 Å². The molecule has 28 heavy (non-hydrogen) atoms. The van der Waals surface area contributed by atoms with Crippen LogP contribution in [0.2, 0.25) is 0 Å². The van der Waals surface area contributed by atoms with Crippen molar-refractivity contribution in [3.05, 3.63) is 63.3 Å². The van der Waals surface area contributed by atoms with Crippen molar-refractivity contribution in [2.45, 2.75) is 51.1 Å². The fraction of sp³-hybridized carbons (Fsp3) is 0.429. The first kappa shape index (κ1) is 18.4. The molecule has 2 unspecified atom stereocenters. The number of nitrogens with zero attached hydrogens (tertiary/aromatic N) is 2. The van der Waals surface area contributed by atoms with Crippen LogP contribution >= 0.6 is 0 Å². The molecule has 0 radical (unpaired) electrons. The van der Waals surface area contributed by atoms with Crippen LogP contribution in [0.3, 0.4) is 0 Å². The van der Waals surface area contributed by atoms with Gasteiger partial charge in [0.05, 0.1) is 24.2 Å². The van der Waals surface area contributed by atoms with Gasteiger partial charge in [0, 0.05) is 18.2 Å². The Morgan fingerprint density at radius 1 is 1.29 bits per heavy atom. The molecule has 2 aliphatic heterocycles. The van der Waals surface area contributed by atoms with Gasteiger partial charge in [-0.2, -0.15) is 0 Å². The molecule has 0 saturated carbocycles. The molecule has 0 aliphatic carbocycles. The second-order valence-corrected chi connectivity index (χ2v) is 7.77. The Morgan fingerprint density at radius 2 is 2.07 bits per heavy atom. The lowest BCUT2D eigenvalue weighted by molar-refractivity contribution is -0.132. The van der Waals surface area contributed by atoms with Crippen molar-refractivity contribution in [1.82, 2.24) is 20.2 Å². The van der Waals surface area contributed by atoms with E-state index in [-0.39, 0.29) is 41.8 Å². The smallest absolute Gasteiger partial charge is 0.252 e. The van der Waals surface area contributed by atoms with Gasteiger partial charge in [0.25, 0.3) is 11.5 Å². The molecule has 7 nitrogen and oxygen atoms in total.